The molecule has 1 aromatic carbocycles. The molecule has 1 aliphatic rings. The Morgan fingerprint density at radius 1 is 1.43 bits per heavy atom. The van der Waals surface area contributed by atoms with Crippen LogP contribution in [0.3, 0.4) is 0 Å². The monoisotopic (exact) mass is 314 g/mol. The second kappa shape index (κ2) is 5.79. The third-order valence-corrected chi connectivity index (χ3v) is 3.67. The van der Waals surface area contributed by atoms with Gasteiger partial charge in [-0.2, -0.15) is 0 Å². The molecule has 0 spiro atoms. The predicted octanol–water partition coefficient (Wildman–Crippen LogP) is 3.19. The standard InChI is InChI=1S/C17H15FN2O3/c1-9-6-11-14(22)8-16(17-12(18)4-3-5-19-17)23-15(11)7-13(9)20-10(2)21/h3-7,16H,8H2,1-2H3,(H,20,21). The van der Waals surface area contributed by atoms with Crippen LogP contribution in [0.4, 0.5) is 10.1 Å². The first-order chi connectivity index (χ1) is 11.0. The summed E-state index contributed by atoms with van der Waals surface area (Å²) in [6, 6.07) is 6.03. The van der Waals surface area contributed by atoms with Crippen LogP contribution in [0.1, 0.15) is 41.1 Å². The number of ether oxygens (including phenoxy) is 1. The number of aryl methyl sites for hydroxylation is 1. The van der Waals surface area contributed by atoms with Crippen molar-refractivity contribution in [2.75, 3.05) is 5.32 Å². The minimum absolute atomic E-state index is 0.0276. The van der Waals surface area contributed by atoms with Gasteiger partial charge in [-0.3, -0.25) is 14.6 Å². The number of nitrogens with one attached hydrogen (secondary N) is 1. The molecule has 2 heterocycles. The number of nitrogens with zero attached hydrogens (tertiary/aromatic N) is 1. The largest absolute Gasteiger partial charge is 0.483 e. The Labute approximate surface area is 132 Å². The van der Waals surface area contributed by atoms with Crippen molar-refractivity contribution < 1.29 is 18.7 Å². The van der Waals surface area contributed by atoms with Crippen molar-refractivity contribution >= 4 is 17.4 Å². The quantitative estimate of drug-likeness (QED) is 0.924. The summed E-state index contributed by atoms with van der Waals surface area (Å²) < 4.78 is 19.7. The van der Waals surface area contributed by atoms with E-state index in [9.17, 15) is 14.0 Å². The number of hydrogen-bond acceptors (Lipinski definition) is 4. The van der Waals surface area contributed by atoms with Gasteiger partial charge < -0.3 is 10.1 Å². The molecule has 0 saturated carbocycles. The van der Waals surface area contributed by atoms with Crippen molar-refractivity contribution in [2.24, 2.45) is 0 Å². The van der Waals surface area contributed by atoms with Gasteiger partial charge >= 0.3 is 0 Å². The molecule has 2 aromatic rings. The number of fused-ring (bicyclic) bond motifs is 1. The molecule has 118 valence electrons. The van der Waals surface area contributed by atoms with Crippen LogP contribution in [-0.4, -0.2) is 16.7 Å². The van der Waals surface area contributed by atoms with Gasteiger partial charge in [-0.05, 0) is 30.7 Å². The van der Waals surface area contributed by atoms with Gasteiger partial charge in [0, 0.05) is 24.9 Å². The summed E-state index contributed by atoms with van der Waals surface area (Å²) in [7, 11) is 0. The molecule has 1 N–H and O–H groups in total. The molecule has 5 nitrogen and oxygen atoms in total. The smallest absolute Gasteiger partial charge is 0.221 e. The fraction of sp³-hybridized carbons (Fsp3) is 0.235. The average Bonchev–Trinajstić information content (AvgIpc) is 2.49. The molecular weight excluding hydrogens is 299 g/mol. The fourth-order valence-corrected chi connectivity index (χ4v) is 2.59. The van der Waals surface area contributed by atoms with E-state index in [-0.39, 0.29) is 23.8 Å². The fourth-order valence-electron chi connectivity index (χ4n) is 2.59. The first kappa shape index (κ1) is 15.1. The predicted molar refractivity (Wildman–Crippen MR) is 82.0 cm³/mol. The molecule has 1 amide bonds. The van der Waals surface area contributed by atoms with Crippen LogP contribution in [-0.2, 0) is 4.79 Å². The van der Waals surface area contributed by atoms with Crippen molar-refractivity contribution in [1.29, 1.82) is 0 Å². The second-order valence-electron chi connectivity index (χ2n) is 5.45. The number of carbonyl (C=O) groups excluding carboxylic acids is 2. The summed E-state index contributed by atoms with van der Waals surface area (Å²) in [5.74, 6) is -0.546. The zero-order valence-corrected chi connectivity index (χ0v) is 12.7. The Balaban J connectivity index is 2.00. The summed E-state index contributed by atoms with van der Waals surface area (Å²) in [5, 5.41) is 2.68. The van der Waals surface area contributed by atoms with E-state index in [0.717, 1.165) is 5.56 Å². The van der Waals surface area contributed by atoms with Crippen LogP contribution < -0.4 is 10.1 Å². The molecular formula is C17H15FN2O3. The van der Waals surface area contributed by atoms with Gasteiger partial charge in [-0.1, -0.05) is 0 Å². The van der Waals surface area contributed by atoms with E-state index in [2.05, 4.69) is 10.3 Å². The maximum Gasteiger partial charge on any atom is 0.221 e. The van der Waals surface area contributed by atoms with Gasteiger partial charge in [-0.15, -0.1) is 0 Å². The number of anilines is 1. The van der Waals surface area contributed by atoms with Crippen LogP contribution in [0.25, 0.3) is 0 Å². The van der Waals surface area contributed by atoms with Gasteiger partial charge in [0.15, 0.2) is 11.9 Å². The Morgan fingerprint density at radius 3 is 2.91 bits per heavy atom. The topological polar surface area (TPSA) is 68.3 Å². The van der Waals surface area contributed by atoms with Crippen molar-refractivity contribution in [3.8, 4) is 5.75 Å². The lowest BCUT2D eigenvalue weighted by molar-refractivity contribution is -0.114. The average molecular weight is 314 g/mol. The highest BCUT2D eigenvalue weighted by Gasteiger charge is 2.31. The van der Waals surface area contributed by atoms with E-state index < -0.39 is 11.9 Å². The molecule has 0 aliphatic carbocycles. The second-order valence-corrected chi connectivity index (χ2v) is 5.45. The summed E-state index contributed by atoms with van der Waals surface area (Å²) in [5.41, 5.74) is 1.86. The third kappa shape index (κ3) is 2.92. The van der Waals surface area contributed by atoms with Crippen molar-refractivity contribution in [1.82, 2.24) is 4.98 Å². The van der Waals surface area contributed by atoms with Gasteiger partial charge in [0.2, 0.25) is 5.91 Å². The number of rotatable bonds is 2. The zero-order valence-electron chi connectivity index (χ0n) is 12.7. The minimum atomic E-state index is -0.774. The SMILES string of the molecule is CC(=O)Nc1cc2c(cc1C)C(=O)CC(c1ncccc1F)O2. The number of halogens is 1. The van der Waals surface area contributed by atoms with E-state index in [0.29, 0.717) is 17.0 Å². The number of hydrogen-bond donors (Lipinski definition) is 1. The summed E-state index contributed by atoms with van der Waals surface area (Å²) in [6.45, 7) is 3.19. The first-order valence-corrected chi connectivity index (χ1v) is 7.18. The third-order valence-electron chi connectivity index (χ3n) is 3.67. The Bertz CT molecular complexity index is 804. The molecule has 23 heavy (non-hydrogen) atoms. The van der Waals surface area contributed by atoms with Crippen LogP contribution in [0.5, 0.6) is 5.75 Å². The van der Waals surface area contributed by atoms with Gasteiger partial charge in [-0.25, -0.2) is 4.39 Å². The number of benzene rings is 1. The molecule has 1 unspecified atom stereocenters. The van der Waals surface area contributed by atoms with E-state index in [4.69, 9.17) is 4.74 Å². The first-order valence-electron chi connectivity index (χ1n) is 7.18. The summed E-state index contributed by atoms with van der Waals surface area (Å²) in [6.07, 6.45) is 0.712. The maximum atomic E-state index is 13.9. The van der Waals surface area contributed by atoms with Gasteiger partial charge in [0.1, 0.15) is 17.3 Å². The van der Waals surface area contributed by atoms with Crippen LogP contribution in [0.2, 0.25) is 0 Å². The van der Waals surface area contributed by atoms with E-state index >= 15 is 0 Å². The Kier molecular flexibility index (Phi) is 3.82. The summed E-state index contributed by atoms with van der Waals surface area (Å²) >= 11 is 0. The van der Waals surface area contributed by atoms with Crippen LogP contribution in [0.15, 0.2) is 30.5 Å². The molecule has 0 saturated heterocycles. The van der Waals surface area contributed by atoms with Crippen molar-refractivity contribution in [3.05, 3.63) is 53.1 Å². The number of aromatic nitrogens is 1. The van der Waals surface area contributed by atoms with E-state index in [1.807, 2.05) is 0 Å². The lowest BCUT2D eigenvalue weighted by Gasteiger charge is -2.26. The maximum absolute atomic E-state index is 13.9. The molecule has 6 heteroatoms. The molecule has 0 radical (unpaired) electrons. The highest BCUT2D eigenvalue weighted by Crippen LogP contribution is 2.37. The molecule has 3 rings (SSSR count). The highest BCUT2D eigenvalue weighted by molar-refractivity contribution is 6.01. The normalized spacial score (nSPS) is 16.5. The molecule has 1 aromatic heterocycles. The number of Topliss-reactive ketones (excluding diaryl/α,β-unsaturated/α-hetero) is 1. The zero-order chi connectivity index (χ0) is 16.6. The van der Waals surface area contributed by atoms with Crippen molar-refractivity contribution in [2.45, 2.75) is 26.4 Å². The number of amides is 1. The molecule has 1 aliphatic heterocycles. The van der Waals surface area contributed by atoms with Gasteiger partial charge in [0.25, 0.3) is 0 Å². The minimum Gasteiger partial charge on any atom is -0.483 e. The number of pyridine rings is 1. The Morgan fingerprint density at radius 2 is 2.22 bits per heavy atom. The summed E-state index contributed by atoms with van der Waals surface area (Å²) in [4.78, 5) is 27.6. The molecule has 1 atom stereocenters. The van der Waals surface area contributed by atoms with Crippen LogP contribution >= 0.6 is 0 Å². The lowest BCUT2D eigenvalue weighted by atomic mass is 9.96. The highest BCUT2D eigenvalue weighted by atomic mass is 19.1. The van der Waals surface area contributed by atoms with E-state index in [1.54, 1.807) is 19.1 Å². The molecule has 0 bridgehead atoms. The number of carbonyl (C=O) groups is 2. The Hall–Kier alpha value is -2.76. The molecule has 0 fully saturated rings. The lowest BCUT2D eigenvalue weighted by Crippen LogP contribution is -2.22. The van der Waals surface area contributed by atoms with Crippen molar-refractivity contribution in [3.63, 3.8) is 0 Å². The number of ketones is 1. The van der Waals surface area contributed by atoms with E-state index in [1.165, 1.54) is 25.3 Å². The van der Waals surface area contributed by atoms with Gasteiger partial charge in [0.05, 0.1) is 12.0 Å². The van der Waals surface area contributed by atoms with Crippen LogP contribution in [0, 0.1) is 12.7 Å².